The van der Waals surface area contributed by atoms with Gasteiger partial charge in [-0.3, -0.25) is 4.79 Å². The maximum Gasteiger partial charge on any atom is 0.336 e. The van der Waals surface area contributed by atoms with E-state index in [4.69, 9.17) is 10.8 Å². The van der Waals surface area contributed by atoms with Gasteiger partial charge in [0.25, 0.3) is 5.91 Å². The first kappa shape index (κ1) is 11.9. The van der Waals surface area contributed by atoms with Crippen molar-refractivity contribution in [3.63, 3.8) is 0 Å². The minimum absolute atomic E-state index is 0.105. The van der Waals surface area contributed by atoms with Crippen LogP contribution in [0.25, 0.3) is 10.9 Å². The van der Waals surface area contributed by atoms with E-state index in [0.717, 1.165) is 6.07 Å². The Bertz CT molecular complexity index is 686. The third-order valence-corrected chi connectivity index (χ3v) is 2.33. The first-order valence-corrected chi connectivity index (χ1v) is 4.73. The zero-order valence-corrected chi connectivity index (χ0v) is 8.78. The van der Waals surface area contributed by atoms with Crippen molar-refractivity contribution in [3.8, 4) is 0 Å². The fourth-order valence-corrected chi connectivity index (χ4v) is 1.52. The smallest absolute Gasteiger partial charge is 0.336 e. The van der Waals surface area contributed by atoms with Crippen LogP contribution in [0.2, 0.25) is 0 Å². The van der Waals surface area contributed by atoms with E-state index >= 15 is 0 Å². The van der Waals surface area contributed by atoms with Gasteiger partial charge in [0.1, 0.15) is 5.69 Å². The summed E-state index contributed by atoms with van der Waals surface area (Å²) < 4.78 is 26.1. The van der Waals surface area contributed by atoms with Gasteiger partial charge < -0.3 is 10.8 Å². The molecule has 2 aromatic rings. The molecular formula is C11H6F2N2O3. The van der Waals surface area contributed by atoms with Crippen LogP contribution in [0.3, 0.4) is 0 Å². The summed E-state index contributed by atoms with van der Waals surface area (Å²) in [5, 5.41) is 8.85. The predicted molar refractivity (Wildman–Crippen MR) is 57.1 cm³/mol. The molecule has 2 rings (SSSR count). The molecule has 3 N–H and O–H groups in total. The zero-order chi connectivity index (χ0) is 13.4. The third kappa shape index (κ3) is 1.86. The lowest BCUT2D eigenvalue weighted by Crippen LogP contribution is -2.15. The fraction of sp³-hybridized carbons (Fsp3) is 0. The van der Waals surface area contributed by atoms with Crippen molar-refractivity contribution in [1.82, 2.24) is 4.98 Å². The molecule has 0 unspecified atom stereocenters. The number of hydrogen-bond donors (Lipinski definition) is 2. The number of fused-ring (bicyclic) bond motifs is 1. The highest BCUT2D eigenvalue weighted by atomic mass is 19.2. The molecule has 1 amide bonds. The average Bonchev–Trinajstić information content (AvgIpc) is 2.29. The number of rotatable bonds is 2. The molecule has 0 saturated carbocycles. The molecule has 1 aromatic carbocycles. The molecule has 0 aliphatic carbocycles. The molecule has 5 nitrogen and oxygen atoms in total. The maximum atomic E-state index is 13.1. The van der Waals surface area contributed by atoms with Crippen LogP contribution in [0.5, 0.6) is 0 Å². The number of amides is 1. The van der Waals surface area contributed by atoms with E-state index in [-0.39, 0.29) is 22.2 Å². The van der Waals surface area contributed by atoms with Gasteiger partial charge in [0, 0.05) is 11.5 Å². The number of nitrogens with two attached hydrogens (primary N) is 1. The average molecular weight is 252 g/mol. The Labute approximate surface area is 98.9 Å². The van der Waals surface area contributed by atoms with E-state index in [1.807, 2.05) is 0 Å². The number of pyridine rings is 1. The van der Waals surface area contributed by atoms with Gasteiger partial charge in [-0.1, -0.05) is 0 Å². The van der Waals surface area contributed by atoms with Crippen LogP contribution < -0.4 is 5.73 Å². The van der Waals surface area contributed by atoms with E-state index in [9.17, 15) is 18.4 Å². The SMILES string of the molecule is NC(=O)c1cc(C(=O)O)c2cc(F)c(F)cc2n1. The topological polar surface area (TPSA) is 93.3 Å². The standard InChI is InChI=1S/C11H6F2N2O3/c12-6-1-4-5(11(17)18)2-9(10(14)16)15-8(4)3-7(6)13/h1-3H,(H2,14,16)(H,17,18). The number of carboxylic acid groups (broad SMARTS) is 1. The van der Waals surface area contributed by atoms with Crippen molar-refractivity contribution in [1.29, 1.82) is 0 Å². The zero-order valence-electron chi connectivity index (χ0n) is 8.78. The van der Waals surface area contributed by atoms with Crippen molar-refractivity contribution in [2.24, 2.45) is 5.73 Å². The summed E-state index contributed by atoms with van der Waals surface area (Å²) in [6.07, 6.45) is 0. The molecular weight excluding hydrogens is 246 g/mol. The summed E-state index contributed by atoms with van der Waals surface area (Å²) in [5.41, 5.74) is 4.13. The van der Waals surface area contributed by atoms with Crippen LogP contribution in [-0.2, 0) is 0 Å². The minimum atomic E-state index is -1.39. The second-order valence-corrected chi connectivity index (χ2v) is 3.51. The van der Waals surface area contributed by atoms with Crippen molar-refractivity contribution in [2.75, 3.05) is 0 Å². The van der Waals surface area contributed by atoms with Crippen LogP contribution in [-0.4, -0.2) is 22.0 Å². The molecule has 18 heavy (non-hydrogen) atoms. The van der Waals surface area contributed by atoms with Crippen LogP contribution >= 0.6 is 0 Å². The highest BCUT2D eigenvalue weighted by Crippen LogP contribution is 2.21. The van der Waals surface area contributed by atoms with E-state index < -0.39 is 23.5 Å². The molecule has 0 atom stereocenters. The van der Waals surface area contributed by atoms with Gasteiger partial charge >= 0.3 is 5.97 Å². The van der Waals surface area contributed by atoms with E-state index in [1.54, 1.807) is 0 Å². The summed E-state index contributed by atoms with van der Waals surface area (Å²) in [4.78, 5) is 25.6. The van der Waals surface area contributed by atoms with Crippen molar-refractivity contribution < 1.29 is 23.5 Å². The number of hydrogen-bond acceptors (Lipinski definition) is 3. The lowest BCUT2D eigenvalue weighted by Gasteiger charge is -2.05. The fourth-order valence-electron chi connectivity index (χ4n) is 1.52. The summed E-state index contributed by atoms with van der Waals surface area (Å²) in [6, 6.07) is 2.35. The number of carboxylic acids is 1. The molecule has 0 radical (unpaired) electrons. The maximum absolute atomic E-state index is 13.1. The molecule has 0 spiro atoms. The van der Waals surface area contributed by atoms with Gasteiger partial charge in [-0.05, 0) is 12.1 Å². The number of carbonyl (C=O) groups excluding carboxylic acids is 1. The molecule has 0 fully saturated rings. The highest BCUT2D eigenvalue weighted by Gasteiger charge is 2.16. The first-order valence-electron chi connectivity index (χ1n) is 4.73. The van der Waals surface area contributed by atoms with Crippen LogP contribution in [0, 0.1) is 11.6 Å². The number of carbonyl (C=O) groups is 2. The molecule has 7 heteroatoms. The Morgan fingerprint density at radius 2 is 1.78 bits per heavy atom. The lowest BCUT2D eigenvalue weighted by molar-refractivity contribution is 0.0699. The van der Waals surface area contributed by atoms with Gasteiger partial charge in [0.15, 0.2) is 11.6 Å². The Hall–Kier alpha value is -2.57. The molecule has 1 aromatic heterocycles. The number of primary amides is 1. The van der Waals surface area contributed by atoms with Crippen LogP contribution in [0.15, 0.2) is 18.2 Å². The van der Waals surface area contributed by atoms with Crippen molar-refractivity contribution >= 4 is 22.8 Å². The second-order valence-electron chi connectivity index (χ2n) is 3.51. The largest absolute Gasteiger partial charge is 0.478 e. The number of benzene rings is 1. The van der Waals surface area contributed by atoms with E-state index in [2.05, 4.69) is 4.98 Å². The molecule has 0 bridgehead atoms. The summed E-state index contributed by atoms with van der Waals surface area (Å²) in [6.45, 7) is 0. The Morgan fingerprint density at radius 3 is 2.33 bits per heavy atom. The predicted octanol–water partition coefficient (Wildman–Crippen LogP) is 1.31. The molecule has 92 valence electrons. The lowest BCUT2D eigenvalue weighted by atomic mass is 10.1. The Balaban J connectivity index is 2.89. The Morgan fingerprint density at radius 1 is 1.17 bits per heavy atom. The Kier molecular flexibility index (Phi) is 2.66. The molecule has 0 aliphatic rings. The van der Waals surface area contributed by atoms with Gasteiger partial charge in [0.2, 0.25) is 0 Å². The number of aromatic nitrogens is 1. The summed E-state index contributed by atoms with van der Waals surface area (Å²) in [5.74, 6) is -4.73. The van der Waals surface area contributed by atoms with E-state index in [0.29, 0.717) is 12.1 Å². The number of nitrogens with zero attached hydrogens (tertiary/aromatic N) is 1. The molecule has 1 heterocycles. The molecule has 0 aliphatic heterocycles. The van der Waals surface area contributed by atoms with Gasteiger partial charge in [-0.25, -0.2) is 18.6 Å². The number of halogens is 2. The quantitative estimate of drug-likeness (QED) is 0.842. The number of aromatic carboxylic acids is 1. The van der Waals surface area contributed by atoms with Crippen LogP contribution in [0.4, 0.5) is 8.78 Å². The third-order valence-electron chi connectivity index (χ3n) is 2.33. The van der Waals surface area contributed by atoms with Gasteiger partial charge in [0.05, 0.1) is 11.1 Å². The minimum Gasteiger partial charge on any atom is -0.478 e. The monoisotopic (exact) mass is 252 g/mol. The highest BCUT2D eigenvalue weighted by molar-refractivity contribution is 6.05. The summed E-state index contributed by atoms with van der Waals surface area (Å²) in [7, 11) is 0. The van der Waals surface area contributed by atoms with E-state index in [1.165, 1.54) is 0 Å². The van der Waals surface area contributed by atoms with Crippen molar-refractivity contribution in [3.05, 3.63) is 41.1 Å². The van der Waals surface area contributed by atoms with Crippen molar-refractivity contribution in [2.45, 2.75) is 0 Å². The van der Waals surface area contributed by atoms with Gasteiger partial charge in [-0.2, -0.15) is 0 Å². The first-order chi connectivity index (χ1) is 8.40. The van der Waals surface area contributed by atoms with Gasteiger partial charge in [-0.15, -0.1) is 0 Å². The second kappa shape index (κ2) is 4.02. The summed E-state index contributed by atoms with van der Waals surface area (Å²) >= 11 is 0. The normalized spacial score (nSPS) is 10.6. The van der Waals surface area contributed by atoms with Crippen LogP contribution in [0.1, 0.15) is 20.8 Å². The molecule has 0 saturated heterocycles.